The minimum atomic E-state index is -0.487. The molecule has 0 bridgehead atoms. The molecule has 0 saturated carbocycles. The van der Waals surface area contributed by atoms with E-state index in [9.17, 15) is 9.59 Å². The number of carbonyl (C=O) groups excluding carboxylic acids is 2. The van der Waals surface area contributed by atoms with Crippen LogP contribution in [0.4, 0.5) is 4.79 Å². The van der Waals surface area contributed by atoms with Crippen LogP contribution in [0.2, 0.25) is 0 Å². The molecule has 1 aromatic carbocycles. The maximum absolute atomic E-state index is 12.1. The molecule has 0 amide bonds. The van der Waals surface area contributed by atoms with Gasteiger partial charge in [-0.2, -0.15) is 0 Å². The summed E-state index contributed by atoms with van der Waals surface area (Å²) >= 11 is 5.08. The first-order valence-corrected chi connectivity index (χ1v) is 9.19. The standard InChI is InChI=1S/C15H14BrNO5S2/c1-4-22-15(19)24-14-17-10(13(18)23-14)6-8-5-9(16)7-11(20-2)12(8)21-3/h5-7H,4H2,1-3H3/b10-6-. The van der Waals surface area contributed by atoms with Gasteiger partial charge in [0.25, 0.3) is 0 Å². The minimum Gasteiger partial charge on any atom is -0.493 e. The molecule has 0 aliphatic carbocycles. The van der Waals surface area contributed by atoms with E-state index in [1.165, 1.54) is 14.2 Å². The topological polar surface area (TPSA) is 74.2 Å². The van der Waals surface area contributed by atoms with Crippen LogP contribution in [-0.2, 0) is 9.53 Å². The van der Waals surface area contributed by atoms with Crippen LogP contribution in [0.3, 0.4) is 0 Å². The number of thioether (sulfide) groups is 2. The SMILES string of the molecule is CCOC(=O)SC1=N/C(=C\c2cc(Br)cc(OC)c2OC)C(=O)S1. The normalized spacial score (nSPS) is 15.4. The molecule has 0 radical (unpaired) electrons. The second kappa shape index (κ2) is 8.59. The fourth-order valence-electron chi connectivity index (χ4n) is 1.87. The van der Waals surface area contributed by atoms with E-state index >= 15 is 0 Å². The molecule has 0 unspecified atom stereocenters. The summed E-state index contributed by atoms with van der Waals surface area (Å²) < 4.78 is 16.6. The first-order chi connectivity index (χ1) is 11.5. The first kappa shape index (κ1) is 18.9. The molecule has 1 aliphatic heterocycles. The summed E-state index contributed by atoms with van der Waals surface area (Å²) in [5.41, 5.74) is 0.865. The zero-order valence-electron chi connectivity index (χ0n) is 13.1. The van der Waals surface area contributed by atoms with Crippen molar-refractivity contribution in [3.8, 4) is 11.5 Å². The Kier molecular flexibility index (Phi) is 6.76. The van der Waals surface area contributed by atoms with Gasteiger partial charge < -0.3 is 14.2 Å². The molecule has 0 saturated heterocycles. The van der Waals surface area contributed by atoms with Gasteiger partial charge in [0.1, 0.15) is 10.1 Å². The number of methoxy groups -OCH3 is 2. The Morgan fingerprint density at radius 1 is 1.38 bits per heavy atom. The van der Waals surface area contributed by atoms with E-state index in [2.05, 4.69) is 20.9 Å². The van der Waals surface area contributed by atoms with Crippen LogP contribution < -0.4 is 9.47 Å². The predicted octanol–water partition coefficient (Wildman–Crippen LogP) is 4.33. The summed E-state index contributed by atoms with van der Waals surface area (Å²) in [5, 5.41) is -0.734. The highest BCUT2D eigenvalue weighted by Crippen LogP contribution is 2.38. The zero-order valence-corrected chi connectivity index (χ0v) is 16.3. The van der Waals surface area contributed by atoms with Crippen LogP contribution in [-0.4, -0.2) is 35.6 Å². The molecule has 0 aromatic heterocycles. The van der Waals surface area contributed by atoms with Crippen LogP contribution in [0.15, 0.2) is 27.3 Å². The average Bonchev–Trinajstić information content (AvgIpc) is 2.86. The van der Waals surface area contributed by atoms with Crippen LogP contribution >= 0.6 is 39.5 Å². The van der Waals surface area contributed by atoms with Crippen molar-refractivity contribution in [2.75, 3.05) is 20.8 Å². The number of halogens is 1. The zero-order chi connectivity index (χ0) is 17.7. The summed E-state index contributed by atoms with van der Waals surface area (Å²) in [6.07, 6.45) is 1.60. The molecule has 0 spiro atoms. The predicted molar refractivity (Wildman–Crippen MR) is 99.9 cm³/mol. The maximum Gasteiger partial charge on any atom is 0.374 e. The molecule has 2 rings (SSSR count). The van der Waals surface area contributed by atoms with E-state index in [1.54, 1.807) is 25.1 Å². The van der Waals surface area contributed by atoms with Crippen LogP contribution in [0.1, 0.15) is 12.5 Å². The molecule has 0 N–H and O–H groups in total. The van der Waals surface area contributed by atoms with Crippen LogP contribution in [0.25, 0.3) is 6.08 Å². The van der Waals surface area contributed by atoms with Crippen molar-refractivity contribution in [3.05, 3.63) is 27.9 Å². The van der Waals surface area contributed by atoms with Gasteiger partial charge in [-0.25, -0.2) is 9.79 Å². The summed E-state index contributed by atoms with van der Waals surface area (Å²) in [4.78, 5) is 27.8. The van der Waals surface area contributed by atoms with Gasteiger partial charge in [-0.1, -0.05) is 15.9 Å². The van der Waals surface area contributed by atoms with Gasteiger partial charge in [-0.05, 0) is 36.9 Å². The van der Waals surface area contributed by atoms with Gasteiger partial charge in [-0.15, -0.1) is 0 Å². The summed E-state index contributed by atoms with van der Waals surface area (Å²) in [6.45, 7) is 1.99. The number of rotatable bonds is 4. The number of carbonyl (C=O) groups is 2. The van der Waals surface area contributed by atoms with Crippen molar-refractivity contribution in [2.45, 2.75) is 6.92 Å². The van der Waals surface area contributed by atoms with E-state index in [4.69, 9.17) is 14.2 Å². The summed E-state index contributed by atoms with van der Waals surface area (Å²) in [6, 6.07) is 3.55. The number of ether oxygens (including phenoxy) is 3. The Hall–Kier alpha value is -1.45. The van der Waals surface area contributed by atoms with Gasteiger partial charge in [0.05, 0.1) is 20.8 Å². The van der Waals surface area contributed by atoms with Crippen molar-refractivity contribution in [2.24, 2.45) is 4.99 Å². The molecule has 6 nitrogen and oxygen atoms in total. The fourth-order valence-corrected chi connectivity index (χ4v) is 3.89. The molecule has 0 atom stereocenters. The molecule has 128 valence electrons. The number of benzene rings is 1. The van der Waals surface area contributed by atoms with Crippen molar-refractivity contribution in [1.29, 1.82) is 0 Å². The molecule has 1 aliphatic rings. The lowest BCUT2D eigenvalue weighted by atomic mass is 10.1. The summed E-state index contributed by atoms with van der Waals surface area (Å²) in [5.74, 6) is 1.02. The number of nitrogens with zero attached hydrogens (tertiary/aromatic N) is 1. The second-order valence-corrected chi connectivity index (χ2v) is 7.37. The van der Waals surface area contributed by atoms with E-state index < -0.39 is 5.30 Å². The van der Waals surface area contributed by atoms with E-state index in [0.29, 0.717) is 21.4 Å². The molecular weight excluding hydrogens is 418 g/mol. The van der Waals surface area contributed by atoms with Gasteiger partial charge in [0.15, 0.2) is 11.5 Å². The van der Waals surface area contributed by atoms with Crippen molar-refractivity contribution < 1.29 is 23.8 Å². The minimum absolute atomic E-state index is 0.227. The Morgan fingerprint density at radius 3 is 2.75 bits per heavy atom. The Balaban J connectivity index is 2.34. The lowest BCUT2D eigenvalue weighted by molar-refractivity contribution is -0.107. The van der Waals surface area contributed by atoms with E-state index in [1.807, 2.05) is 0 Å². The third kappa shape index (κ3) is 4.55. The second-order valence-electron chi connectivity index (χ2n) is 4.31. The Labute approximate surface area is 156 Å². The first-order valence-electron chi connectivity index (χ1n) is 6.77. The van der Waals surface area contributed by atoms with Crippen LogP contribution in [0.5, 0.6) is 11.5 Å². The molecule has 9 heteroatoms. The van der Waals surface area contributed by atoms with Gasteiger partial charge in [0.2, 0.25) is 5.12 Å². The Bertz CT molecular complexity index is 733. The smallest absolute Gasteiger partial charge is 0.374 e. The number of hydrogen-bond acceptors (Lipinski definition) is 8. The largest absolute Gasteiger partial charge is 0.493 e. The highest BCUT2D eigenvalue weighted by atomic mass is 79.9. The van der Waals surface area contributed by atoms with Crippen molar-refractivity contribution >= 4 is 60.3 Å². The fraction of sp³-hybridized carbons (Fsp3) is 0.267. The third-order valence-electron chi connectivity index (χ3n) is 2.80. The molecule has 1 aromatic rings. The van der Waals surface area contributed by atoms with Crippen molar-refractivity contribution in [1.82, 2.24) is 0 Å². The molecule has 24 heavy (non-hydrogen) atoms. The maximum atomic E-state index is 12.1. The molecule has 0 fully saturated rings. The average molecular weight is 432 g/mol. The van der Waals surface area contributed by atoms with Crippen LogP contribution in [0, 0.1) is 0 Å². The number of hydrogen-bond donors (Lipinski definition) is 0. The highest BCUT2D eigenvalue weighted by Gasteiger charge is 2.26. The molecule has 1 heterocycles. The summed E-state index contributed by atoms with van der Waals surface area (Å²) in [7, 11) is 3.05. The van der Waals surface area contributed by atoms with E-state index in [-0.39, 0.29) is 17.4 Å². The third-order valence-corrected chi connectivity index (χ3v) is 4.97. The van der Waals surface area contributed by atoms with Gasteiger partial charge in [-0.3, -0.25) is 4.79 Å². The quantitative estimate of drug-likeness (QED) is 0.518. The van der Waals surface area contributed by atoms with Gasteiger partial charge in [0, 0.05) is 21.8 Å². The monoisotopic (exact) mass is 431 g/mol. The van der Waals surface area contributed by atoms with Crippen molar-refractivity contribution in [3.63, 3.8) is 0 Å². The van der Waals surface area contributed by atoms with E-state index in [0.717, 1.165) is 28.0 Å². The lowest BCUT2D eigenvalue weighted by Gasteiger charge is -2.11. The van der Waals surface area contributed by atoms with Gasteiger partial charge >= 0.3 is 5.30 Å². The Morgan fingerprint density at radius 2 is 2.12 bits per heavy atom. The number of aliphatic imine (C=N–C) groups is 1. The molecular formula is C15H14BrNO5S2. The highest BCUT2D eigenvalue weighted by molar-refractivity contribution is 9.10. The lowest BCUT2D eigenvalue weighted by Crippen LogP contribution is -1.98.